The molecule has 3 rings (SSSR count). The fourth-order valence-corrected chi connectivity index (χ4v) is 3.40. The lowest BCUT2D eigenvalue weighted by atomic mass is 10.1. The van der Waals surface area contributed by atoms with Gasteiger partial charge < -0.3 is 10.1 Å². The second-order valence-electron chi connectivity index (χ2n) is 5.35. The van der Waals surface area contributed by atoms with Gasteiger partial charge in [0.15, 0.2) is 5.13 Å². The summed E-state index contributed by atoms with van der Waals surface area (Å²) in [6.07, 6.45) is 0.310. The maximum absolute atomic E-state index is 12.2. The van der Waals surface area contributed by atoms with Crippen LogP contribution in [0.1, 0.15) is 12.5 Å². The maximum Gasteiger partial charge on any atom is 0.230 e. The van der Waals surface area contributed by atoms with Crippen LogP contribution in [0.5, 0.6) is 5.75 Å². The number of benzene rings is 2. The highest BCUT2D eigenvalue weighted by molar-refractivity contribution is 14.1. The Balaban J connectivity index is 1.60. The fourth-order valence-electron chi connectivity index (χ4n) is 2.30. The third-order valence-electron chi connectivity index (χ3n) is 3.49. The molecule has 1 aromatic heterocycles. The Labute approximate surface area is 164 Å². The summed E-state index contributed by atoms with van der Waals surface area (Å²) in [4.78, 5) is 16.7. The number of carbonyl (C=O) groups is 1. The van der Waals surface area contributed by atoms with E-state index in [0.717, 1.165) is 22.6 Å². The van der Waals surface area contributed by atoms with Crippen LogP contribution in [-0.4, -0.2) is 17.5 Å². The Bertz CT molecular complexity index is 845. The molecule has 0 saturated carbocycles. The molecule has 0 spiro atoms. The zero-order chi connectivity index (χ0) is 17.6. The molecule has 1 heterocycles. The largest absolute Gasteiger partial charge is 0.494 e. The molecule has 0 radical (unpaired) electrons. The van der Waals surface area contributed by atoms with E-state index < -0.39 is 0 Å². The first-order valence-electron chi connectivity index (χ1n) is 7.87. The molecule has 0 bridgehead atoms. The minimum absolute atomic E-state index is 0.0762. The number of thiazole rings is 1. The van der Waals surface area contributed by atoms with Crippen LogP contribution in [0.25, 0.3) is 11.3 Å². The zero-order valence-electron chi connectivity index (χ0n) is 13.7. The molecule has 4 nitrogen and oxygen atoms in total. The number of nitrogens with one attached hydrogen (secondary N) is 1. The molecule has 3 aromatic rings. The first kappa shape index (κ1) is 17.9. The van der Waals surface area contributed by atoms with E-state index in [1.54, 1.807) is 0 Å². The Kier molecular flexibility index (Phi) is 6.04. The quantitative estimate of drug-likeness (QED) is 0.523. The molecule has 2 aromatic carbocycles. The highest BCUT2D eigenvalue weighted by Crippen LogP contribution is 2.25. The number of anilines is 1. The lowest BCUT2D eigenvalue weighted by molar-refractivity contribution is -0.115. The molecule has 0 aliphatic rings. The molecule has 0 aliphatic heterocycles. The lowest BCUT2D eigenvalue weighted by Gasteiger charge is -2.05. The average Bonchev–Trinajstić information content (AvgIpc) is 3.06. The molecule has 25 heavy (non-hydrogen) atoms. The molecule has 0 aliphatic carbocycles. The molecule has 6 heteroatoms. The summed E-state index contributed by atoms with van der Waals surface area (Å²) in [5.41, 5.74) is 2.86. The first-order chi connectivity index (χ1) is 12.1. The van der Waals surface area contributed by atoms with Crippen LogP contribution >= 0.6 is 33.9 Å². The summed E-state index contributed by atoms with van der Waals surface area (Å²) in [5, 5.41) is 5.44. The summed E-state index contributed by atoms with van der Waals surface area (Å²) in [6, 6.07) is 15.7. The van der Waals surface area contributed by atoms with Crippen molar-refractivity contribution in [2.24, 2.45) is 0 Å². The van der Waals surface area contributed by atoms with Gasteiger partial charge in [0.05, 0.1) is 18.7 Å². The fraction of sp³-hybridized carbons (Fsp3) is 0.158. The Morgan fingerprint density at radius 2 is 1.88 bits per heavy atom. The zero-order valence-corrected chi connectivity index (χ0v) is 16.6. The van der Waals surface area contributed by atoms with Gasteiger partial charge in [-0.05, 0) is 59.3 Å². The third kappa shape index (κ3) is 5.02. The van der Waals surface area contributed by atoms with Crippen molar-refractivity contribution >= 4 is 45.0 Å². The summed E-state index contributed by atoms with van der Waals surface area (Å²) >= 11 is 3.70. The lowest BCUT2D eigenvalue weighted by Crippen LogP contribution is -2.14. The summed E-state index contributed by atoms with van der Waals surface area (Å²) in [5.74, 6) is 0.737. The minimum Gasteiger partial charge on any atom is -0.494 e. The van der Waals surface area contributed by atoms with Crippen molar-refractivity contribution in [3.05, 3.63) is 63.0 Å². The number of aromatic nitrogens is 1. The van der Waals surface area contributed by atoms with E-state index in [2.05, 4.69) is 32.9 Å². The summed E-state index contributed by atoms with van der Waals surface area (Å²) in [7, 11) is 0. The van der Waals surface area contributed by atoms with E-state index in [0.29, 0.717) is 18.2 Å². The van der Waals surface area contributed by atoms with Crippen molar-refractivity contribution < 1.29 is 9.53 Å². The van der Waals surface area contributed by atoms with Crippen LogP contribution in [0.4, 0.5) is 5.13 Å². The Hall–Kier alpha value is -1.93. The SMILES string of the molecule is CCOc1ccc(CC(=O)Nc2nc(-c3ccc(I)cc3)cs2)cc1. The van der Waals surface area contributed by atoms with Gasteiger partial charge in [-0.1, -0.05) is 24.3 Å². The van der Waals surface area contributed by atoms with E-state index in [4.69, 9.17) is 4.74 Å². The van der Waals surface area contributed by atoms with Gasteiger partial charge in [0.2, 0.25) is 5.91 Å². The molecule has 1 amide bonds. The van der Waals surface area contributed by atoms with E-state index in [1.807, 2.05) is 60.8 Å². The van der Waals surface area contributed by atoms with Gasteiger partial charge in [-0.25, -0.2) is 4.98 Å². The van der Waals surface area contributed by atoms with Crippen LogP contribution in [0.15, 0.2) is 53.9 Å². The maximum atomic E-state index is 12.2. The van der Waals surface area contributed by atoms with Crippen LogP contribution in [0.3, 0.4) is 0 Å². The second kappa shape index (κ2) is 8.44. The van der Waals surface area contributed by atoms with E-state index >= 15 is 0 Å². The van der Waals surface area contributed by atoms with Gasteiger partial charge in [0, 0.05) is 14.5 Å². The number of nitrogens with zero attached hydrogens (tertiary/aromatic N) is 1. The number of halogens is 1. The standard InChI is InChI=1S/C19H17IN2O2S/c1-2-24-16-9-3-13(4-10-16)11-18(23)22-19-21-17(12-25-19)14-5-7-15(20)8-6-14/h3-10,12H,2,11H2,1H3,(H,21,22,23). The van der Waals surface area contributed by atoms with Gasteiger partial charge in [-0.3, -0.25) is 4.79 Å². The van der Waals surface area contributed by atoms with Crippen molar-refractivity contribution in [1.82, 2.24) is 4.98 Å². The highest BCUT2D eigenvalue weighted by atomic mass is 127. The Morgan fingerprint density at radius 3 is 2.56 bits per heavy atom. The number of hydrogen-bond acceptors (Lipinski definition) is 4. The van der Waals surface area contributed by atoms with E-state index in [-0.39, 0.29) is 5.91 Å². The van der Waals surface area contributed by atoms with Gasteiger partial charge in [0.25, 0.3) is 0 Å². The first-order valence-corrected chi connectivity index (χ1v) is 9.83. The average molecular weight is 464 g/mol. The molecular weight excluding hydrogens is 447 g/mol. The van der Waals surface area contributed by atoms with Crippen molar-refractivity contribution in [3.63, 3.8) is 0 Å². The highest BCUT2D eigenvalue weighted by Gasteiger charge is 2.09. The van der Waals surface area contributed by atoms with E-state index in [9.17, 15) is 4.79 Å². The van der Waals surface area contributed by atoms with Crippen molar-refractivity contribution in [1.29, 1.82) is 0 Å². The van der Waals surface area contributed by atoms with Crippen LogP contribution in [-0.2, 0) is 11.2 Å². The monoisotopic (exact) mass is 464 g/mol. The minimum atomic E-state index is -0.0762. The molecular formula is C19H17IN2O2S. The Morgan fingerprint density at radius 1 is 1.16 bits per heavy atom. The van der Waals surface area contributed by atoms with E-state index in [1.165, 1.54) is 14.9 Å². The summed E-state index contributed by atoms with van der Waals surface area (Å²) in [6.45, 7) is 2.58. The molecule has 0 saturated heterocycles. The van der Waals surface area contributed by atoms with Crippen molar-refractivity contribution in [2.45, 2.75) is 13.3 Å². The topological polar surface area (TPSA) is 51.2 Å². The van der Waals surface area contributed by atoms with Gasteiger partial charge >= 0.3 is 0 Å². The number of amides is 1. The predicted molar refractivity (Wildman–Crippen MR) is 110 cm³/mol. The summed E-state index contributed by atoms with van der Waals surface area (Å²) < 4.78 is 6.59. The van der Waals surface area contributed by atoms with Gasteiger partial charge in [-0.2, -0.15) is 0 Å². The second-order valence-corrected chi connectivity index (χ2v) is 7.45. The number of carbonyl (C=O) groups excluding carboxylic acids is 1. The molecule has 128 valence electrons. The normalized spacial score (nSPS) is 10.5. The van der Waals surface area contributed by atoms with Gasteiger partial charge in [0.1, 0.15) is 5.75 Å². The van der Waals surface area contributed by atoms with Crippen molar-refractivity contribution in [2.75, 3.05) is 11.9 Å². The number of rotatable bonds is 6. The molecule has 0 unspecified atom stereocenters. The van der Waals surface area contributed by atoms with Crippen molar-refractivity contribution in [3.8, 4) is 17.0 Å². The van der Waals surface area contributed by atoms with Crippen LogP contribution < -0.4 is 10.1 Å². The number of hydrogen-bond donors (Lipinski definition) is 1. The molecule has 1 N–H and O–H groups in total. The molecule has 0 atom stereocenters. The number of ether oxygens (including phenoxy) is 1. The predicted octanol–water partition coefficient (Wildman–Crippen LogP) is 4.99. The van der Waals surface area contributed by atoms with Gasteiger partial charge in [-0.15, -0.1) is 11.3 Å². The molecule has 0 fully saturated rings. The van der Waals surface area contributed by atoms with Crippen LogP contribution in [0, 0.1) is 3.57 Å². The smallest absolute Gasteiger partial charge is 0.230 e. The van der Waals surface area contributed by atoms with Crippen LogP contribution in [0.2, 0.25) is 0 Å². The third-order valence-corrected chi connectivity index (χ3v) is 4.97.